The lowest BCUT2D eigenvalue weighted by Gasteiger charge is -2.29. The number of halogens is 1. The molecule has 1 aromatic rings. The summed E-state index contributed by atoms with van der Waals surface area (Å²) in [5, 5.41) is 0. The number of hydrogen-bond donors (Lipinski definition) is 0. The Morgan fingerprint density at radius 2 is 2.27 bits per heavy atom. The Morgan fingerprint density at radius 3 is 2.87 bits per heavy atom. The van der Waals surface area contributed by atoms with Gasteiger partial charge in [-0.15, -0.1) is 0 Å². The van der Waals surface area contributed by atoms with Gasteiger partial charge in [0.25, 0.3) is 0 Å². The lowest BCUT2D eigenvalue weighted by atomic mass is 10.1. The van der Waals surface area contributed by atoms with Crippen molar-refractivity contribution >= 4 is 21.7 Å². The molecule has 2 atom stereocenters. The Kier molecular flexibility index (Phi) is 3.29. The summed E-state index contributed by atoms with van der Waals surface area (Å²) in [6, 6.07) is 5.48. The van der Waals surface area contributed by atoms with Crippen LogP contribution in [0.5, 0.6) is 0 Å². The van der Waals surface area contributed by atoms with Gasteiger partial charge in [0.15, 0.2) is 0 Å². The molecule has 0 aromatic carbocycles. The van der Waals surface area contributed by atoms with E-state index in [1.54, 1.807) is 0 Å². The summed E-state index contributed by atoms with van der Waals surface area (Å²) in [6.07, 6.45) is 5.68. The lowest BCUT2D eigenvalue weighted by molar-refractivity contribution is 0.621. The standard InChI is InChI=1S/C12H17BrN2/c1-3-11-6-4-9(2)15(11)12-7-5-10(13)8-14-12/h5,7-9,11H,3-4,6H2,1-2H3/t9-,11-/m0/s1. The van der Waals surface area contributed by atoms with Gasteiger partial charge in [0.05, 0.1) is 0 Å². The molecule has 0 saturated carbocycles. The van der Waals surface area contributed by atoms with E-state index in [0.29, 0.717) is 12.1 Å². The first-order chi connectivity index (χ1) is 7.22. The van der Waals surface area contributed by atoms with Crippen molar-refractivity contribution in [1.29, 1.82) is 0 Å². The van der Waals surface area contributed by atoms with Crippen molar-refractivity contribution in [3.63, 3.8) is 0 Å². The summed E-state index contributed by atoms with van der Waals surface area (Å²) < 4.78 is 1.05. The molecule has 0 radical (unpaired) electrons. The van der Waals surface area contributed by atoms with Gasteiger partial charge in [-0.2, -0.15) is 0 Å². The van der Waals surface area contributed by atoms with Crippen LogP contribution in [0.2, 0.25) is 0 Å². The van der Waals surface area contributed by atoms with Crippen molar-refractivity contribution in [3.8, 4) is 0 Å². The summed E-state index contributed by atoms with van der Waals surface area (Å²) in [6.45, 7) is 4.55. The molecule has 2 heterocycles. The number of rotatable bonds is 2. The molecule has 0 spiro atoms. The largest absolute Gasteiger partial charge is 0.351 e. The van der Waals surface area contributed by atoms with Crippen LogP contribution >= 0.6 is 15.9 Å². The van der Waals surface area contributed by atoms with Gasteiger partial charge in [-0.05, 0) is 54.2 Å². The summed E-state index contributed by atoms with van der Waals surface area (Å²) in [5.41, 5.74) is 0. The third kappa shape index (κ3) is 2.17. The maximum absolute atomic E-state index is 4.49. The highest BCUT2D eigenvalue weighted by Gasteiger charge is 2.29. The predicted octanol–water partition coefficient (Wildman–Crippen LogP) is 3.61. The second-order valence-electron chi connectivity index (χ2n) is 4.23. The molecule has 0 N–H and O–H groups in total. The molecule has 1 saturated heterocycles. The molecule has 0 aliphatic carbocycles. The van der Waals surface area contributed by atoms with Crippen molar-refractivity contribution in [2.75, 3.05) is 4.90 Å². The van der Waals surface area contributed by atoms with Crippen molar-refractivity contribution in [2.24, 2.45) is 0 Å². The third-order valence-electron chi connectivity index (χ3n) is 3.23. The SMILES string of the molecule is CC[C@H]1CC[C@H](C)N1c1ccc(Br)cn1. The molecule has 2 rings (SSSR count). The van der Waals surface area contributed by atoms with Gasteiger partial charge in [0.2, 0.25) is 0 Å². The van der Waals surface area contributed by atoms with Gasteiger partial charge in [-0.25, -0.2) is 4.98 Å². The monoisotopic (exact) mass is 268 g/mol. The topological polar surface area (TPSA) is 16.1 Å². The van der Waals surface area contributed by atoms with E-state index in [1.165, 1.54) is 19.3 Å². The molecule has 1 aromatic heterocycles. The molecule has 1 fully saturated rings. The minimum absolute atomic E-state index is 0.628. The van der Waals surface area contributed by atoms with Gasteiger partial charge in [0, 0.05) is 22.8 Å². The van der Waals surface area contributed by atoms with Gasteiger partial charge < -0.3 is 4.90 Å². The summed E-state index contributed by atoms with van der Waals surface area (Å²) in [4.78, 5) is 6.95. The van der Waals surface area contributed by atoms with Crippen LogP contribution in [0.15, 0.2) is 22.8 Å². The molecular weight excluding hydrogens is 252 g/mol. The molecule has 0 bridgehead atoms. The zero-order valence-electron chi connectivity index (χ0n) is 9.28. The van der Waals surface area contributed by atoms with Crippen LogP contribution in [-0.4, -0.2) is 17.1 Å². The summed E-state index contributed by atoms with van der Waals surface area (Å²) in [5.74, 6) is 1.12. The van der Waals surface area contributed by atoms with Crippen LogP contribution in [0.3, 0.4) is 0 Å². The number of pyridine rings is 1. The van der Waals surface area contributed by atoms with Crippen molar-refractivity contribution in [2.45, 2.75) is 45.2 Å². The second kappa shape index (κ2) is 4.52. The van der Waals surface area contributed by atoms with Gasteiger partial charge in [0.1, 0.15) is 5.82 Å². The fourth-order valence-electron chi connectivity index (χ4n) is 2.41. The van der Waals surface area contributed by atoms with Crippen LogP contribution in [0.4, 0.5) is 5.82 Å². The molecule has 3 heteroatoms. The highest BCUT2D eigenvalue weighted by Crippen LogP contribution is 2.30. The lowest BCUT2D eigenvalue weighted by Crippen LogP contribution is -2.34. The van der Waals surface area contributed by atoms with E-state index in [9.17, 15) is 0 Å². The average molecular weight is 269 g/mol. The number of anilines is 1. The van der Waals surface area contributed by atoms with E-state index in [1.807, 2.05) is 6.20 Å². The molecule has 1 aliphatic rings. The first-order valence-corrected chi connectivity index (χ1v) is 6.41. The molecule has 0 amide bonds. The number of hydrogen-bond acceptors (Lipinski definition) is 2. The van der Waals surface area contributed by atoms with E-state index < -0.39 is 0 Å². The van der Waals surface area contributed by atoms with Crippen molar-refractivity contribution < 1.29 is 0 Å². The van der Waals surface area contributed by atoms with Crippen LogP contribution in [-0.2, 0) is 0 Å². The zero-order valence-corrected chi connectivity index (χ0v) is 10.9. The molecule has 82 valence electrons. The van der Waals surface area contributed by atoms with Gasteiger partial charge in [-0.1, -0.05) is 6.92 Å². The van der Waals surface area contributed by atoms with E-state index in [2.05, 4.69) is 51.8 Å². The normalized spacial score (nSPS) is 25.9. The Labute approximate surface area is 99.8 Å². The first kappa shape index (κ1) is 10.9. The molecule has 15 heavy (non-hydrogen) atoms. The summed E-state index contributed by atoms with van der Waals surface area (Å²) >= 11 is 3.42. The Bertz CT molecular complexity index is 323. The maximum atomic E-state index is 4.49. The Morgan fingerprint density at radius 1 is 1.47 bits per heavy atom. The molecule has 1 aliphatic heterocycles. The fraction of sp³-hybridized carbons (Fsp3) is 0.583. The molecule has 0 unspecified atom stereocenters. The smallest absolute Gasteiger partial charge is 0.129 e. The first-order valence-electron chi connectivity index (χ1n) is 5.62. The third-order valence-corrected chi connectivity index (χ3v) is 3.70. The quantitative estimate of drug-likeness (QED) is 0.815. The predicted molar refractivity (Wildman–Crippen MR) is 67.2 cm³/mol. The zero-order chi connectivity index (χ0) is 10.8. The average Bonchev–Trinajstić information content (AvgIpc) is 2.61. The van der Waals surface area contributed by atoms with Gasteiger partial charge in [-0.3, -0.25) is 0 Å². The van der Waals surface area contributed by atoms with Gasteiger partial charge >= 0.3 is 0 Å². The van der Waals surface area contributed by atoms with E-state index in [0.717, 1.165) is 10.3 Å². The second-order valence-corrected chi connectivity index (χ2v) is 5.15. The Hall–Kier alpha value is -0.570. The van der Waals surface area contributed by atoms with Crippen molar-refractivity contribution in [1.82, 2.24) is 4.98 Å². The van der Waals surface area contributed by atoms with E-state index in [4.69, 9.17) is 0 Å². The van der Waals surface area contributed by atoms with E-state index >= 15 is 0 Å². The van der Waals surface area contributed by atoms with E-state index in [-0.39, 0.29) is 0 Å². The minimum atomic E-state index is 0.628. The molecular formula is C12H17BrN2. The van der Waals surface area contributed by atoms with Crippen LogP contribution in [0.1, 0.15) is 33.1 Å². The minimum Gasteiger partial charge on any atom is -0.351 e. The highest BCUT2D eigenvalue weighted by molar-refractivity contribution is 9.10. The highest BCUT2D eigenvalue weighted by atomic mass is 79.9. The van der Waals surface area contributed by atoms with Crippen molar-refractivity contribution in [3.05, 3.63) is 22.8 Å². The van der Waals surface area contributed by atoms with Crippen LogP contribution < -0.4 is 4.90 Å². The maximum Gasteiger partial charge on any atom is 0.129 e. The van der Waals surface area contributed by atoms with Crippen LogP contribution in [0, 0.1) is 0 Å². The van der Waals surface area contributed by atoms with Crippen LogP contribution in [0.25, 0.3) is 0 Å². The number of nitrogens with zero attached hydrogens (tertiary/aromatic N) is 2. The fourth-order valence-corrected chi connectivity index (χ4v) is 2.64. The summed E-state index contributed by atoms with van der Waals surface area (Å²) in [7, 11) is 0. The number of aromatic nitrogens is 1. The molecule has 2 nitrogen and oxygen atoms in total. The Balaban J connectivity index is 2.24.